The van der Waals surface area contributed by atoms with Crippen molar-refractivity contribution in [1.29, 1.82) is 0 Å². The molecule has 0 aliphatic heterocycles. The molecule has 160 valence electrons. The second-order valence-corrected chi connectivity index (χ2v) is 11.3. The van der Waals surface area contributed by atoms with Crippen LogP contribution in [0.1, 0.15) is 85.0 Å². The van der Waals surface area contributed by atoms with Gasteiger partial charge in [0.15, 0.2) is 0 Å². The molecule has 0 radical (unpaired) electrons. The van der Waals surface area contributed by atoms with Gasteiger partial charge in [-0.15, -0.1) is 0 Å². The minimum absolute atomic E-state index is 0. The summed E-state index contributed by atoms with van der Waals surface area (Å²) in [5, 5.41) is 32.4. The maximum atomic E-state index is 11.2. The Morgan fingerprint density at radius 1 is 1.03 bits per heavy atom. The van der Waals surface area contributed by atoms with Gasteiger partial charge in [-0.05, 0) is 111 Å². The first-order valence-corrected chi connectivity index (χ1v) is 11.7. The number of carboxylic acids is 1. The normalized spacial score (nSPS) is 49.9. The van der Waals surface area contributed by atoms with Crippen LogP contribution in [0.5, 0.6) is 0 Å². The Morgan fingerprint density at radius 2 is 1.69 bits per heavy atom. The number of hydrogen-bond donors (Lipinski definition) is 2. The van der Waals surface area contributed by atoms with E-state index in [0.29, 0.717) is 41.9 Å². The largest absolute Gasteiger partial charge is 1.00 e. The zero-order valence-electron chi connectivity index (χ0n) is 18.9. The fourth-order valence-electron chi connectivity index (χ4n) is 8.72. The van der Waals surface area contributed by atoms with Crippen molar-refractivity contribution in [2.75, 3.05) is 0 Å². The van der Waals surface area contributed by atoms with Gasteiger partial charge in [0, 0.05) is 5.97 Å². The van der Waals surface area contributed by atoms with E-state index >= 15 is 0 Å². The molecule has 4 rings (SSSR count). The molecule has 0 aromatic heterocycles. The molecule has 0 aromatic carbocycles. The van der Waals surface area contributed by atoms with Gasteiger partial charge in [0.05, 0.1) is 12.2 Å². The molecule has 2 N–H and O–H groups in total. The second kappa shape index (κ2) is 8.49. The molecular formula is C24H39LiO4. The zero-order chi connectivity index (χ0) is 20.3. The summed E-state index contributed by atoms with van der Waals surface area (Å²) in [6.45, 7) is 7.11. The Hall–Kier alpha value is -0.0126. The predicted molar refractivity (Wildman–Crippen MR) is 106 cm³/mol. The number of hydrogen-bond acceptors (Lipinski definition) is 4. The molecule has 0 amide bonds. The van der Waals surface area contributed by atoms with Crippen molar-refractivity contribution >= 4 is 5.97 Å². The number of carboxylic acid groups (broad SMARTS) is 1. The summed E-state index contributed by atoms with van der Waals surface area (Å²) < 4.78 is 0. The minimum atomic E-state index is -0.934. The molecule has 4 aliphatic carbocycles. The monoisotopic (exact) mass is 398 g/mol. The first-order chi connectivity index (χ1) is 13.2. The molecule has 4 saturated carbocycles. The molecule has 0 spiro atoms. The first-order valence-electron chi connectivity index (χ1n) is 11.7. The maximum absolute atomic E-state index is 11.2. The Balaban J connectivity index is 0.00000240. The fraction of sp³-hybridized carbons (Fsp3) is 0.958. The molecule has 0 bridgehead atoms. The molecule has 0 saturated heterocycles. The number of aliphatic hydroxyl groups excluding tert-OH is 2. The third-order valence-electron chi connectivity index (χ3n) is 10.2. The number of aliphatic hydroxyl groups is 2. The van der Waals surface area contributed by atoms with Gasteiger partial charge < -0.3 is 20.1 Å². The summed E-state index contributed by atoms with van der Waals surface area (Å²) in [7, 11) is 0. The number of carbonyl (C=O) groups excluding carboxylic acids is 1. The number of fused-ring (bicyclic) bond motifs is 5. The van der Waals surface area contributed by atoms with E-state index in [1.54, 1.807) is 0 Å². The summed E-state index contributed by atoms with van der Waals surface area (Å²) in [6, 6.07) is 0. The summed E-state index contributed by atoms with van der Waals surface area (Å²) in [6.07, 6.45) is 8.91. The molecule has 0 heterocycles. The van der Waals surface area contributed by atoms with Crippen molar-refractivity contribution < 1.29 is 39.0 Å². The maximum Gasteiger partial charge on any atom is 1.00 e. The van der Waals surface area contributed by atoms with Crippen LogP contribution in [-0.4, -0.2) is 28.4 Å². The van der Waals surface area contributed by atoms with Gasteiger partial charge in [0.1, 0.15) is 0 Å². The second-order valence-electron chi connectivity index (χ2n) is 11.3. The Labute approximate surface area is 188 Å². The molecular weight excluding hydrogens is 359 g/mol. The van der Waals surface area contributed by atoms with E-state index < -0.39 is 5.97 Å². The van der Waals surface area contributed by atoms with Crippen molar-refractivity contribution in [2.45, 2.75) is 97.2 Å². The summed E-state index contributed by atoms with van der Waals surface area (Å²) in [5.41, 5.74) is 0.494. The predicted octanol–water partition coefficient (Wildman–Crippen LogP) is 0.147. The van der Waals surface area contributed by atoms with Gasteiger partial charge in [-0.2, -0.15) is 0 Å². The van der Waals surface area contributed by atoms with Crippen LogP contribution in [0, 0.1) is 46.3 Å². The van der Waals surface area contributed by atoms with Crippen molar-refractivity contribution in [3.8, 4) is 0 Å². The Morgan fingerprint density at radius 3 is 2.38 bits per heavy atom. The van der Waals surface area contributed by atoms with E-state index in [4.69, 9.17) is 0 Å². The molecule has 10 atom stereocenters. The van der Waals surface area contributed by atoms with E-state index in [2.05, 4.69) is 20.8 Å². The van der Waals surface area contributed by atoms with Crippen LogP contribution in [0.4, 0.5) is 0 Å². The third kappa shape index (κ3) is 3.86. The molecule has 0 aromatic rings. The zero-order valence-corrected chi connectivity index (χ0v) is 18.9. The van der Waals surface area contributed by atoms with E-state index in [1.807, 2.05) is 0 Å². The van der Waals surface area contributed by atoms with Crippen molar-refractivity contribution in [3.63, 3.8) is 0 Å². The summed E-state index contributed by atoms with van der Waals surface area (Å²) >= 11 is 0. The van der Waals surface area contributed by atoms with Crippen LogP contribution in [0.25, 0.3) is 0 Å². The molecule has 4 aliphatic rings. The van der Waals surface area contributed by atoms with Crippen molar-refractivity contribution in [2.24, 2.45) is 46.3 Å². The average Bonchev–Trinajstić information content (AvgIpc) is 2.98. The fourth-order valence-corrected chi connectivity index (χ4v) is 8.72. The van der Waals surface area contributed by atoms with Crippen LogP contribution in [0.2, 0.25) is 0 Å². The van der Waals surface area contributed by atoms with E-state index in [9.17, 15) is 20.1 Å². The standard InChI is InChI=1S/C24H40O4.Li/c1-14(4-7-21(27)28)17-5-6-18-22-19(9-11-24(17,18)3)23(2)10-8-16(25)12-15(23)13-20(22)26;/h14-20,22,25-26H,4-13H2,1-3H3,(H,27,28);/q;+1/p-1/t14-,15?,16-,17-,18+,19+,20-,22+,23+,24-;/m1./s1. The average molecular weight is 399 g/mol. The Kier molecular flexibility index (Phi) is 6.93. The van der Waals surface area contributed by atoms with Crippen molar-refractivity contribution in [1.82, 2.24) is 0 Å². The molecule has 4 fully saturated rings. The molecule has 5 heteroatoms. The van der Waals surface area contributed by atoms with E-state index in [-0.39, 0.29) is 48.3 Å². The summed E-state index contributed by atoms with van der Waals surface area (Å²) in [5.74, 6) is 1.99. The topological polar surface area (TPSA) is 80.6 Å². The SMILES string of the molecule is C[C@H](CCC(=O)[O-])[C@H]1CC[C@H]2[C@@H]3[C@H](O)CC4C[C@H](O)CC[C@]4(C)[C@H]3CC[C@]12C.[Li+]. The van der Waals surface area contributed by atoms with Crippen LogP contribution in [0.15, 0.2) is 0 Å². The quantitative estimate of drug-likeness (QED) is 0.661. The van der Waals surface area contributed by atoms with E-state index in [1.165, 1.54) is 25.7 Å². The Bertz CT molecular complexity index is 612. The molecule has 29 heavy (non-hydrogen) atoms. The van der Waals surface area contributed by atoms with Crippen LogP contribution >= 0.6 is 0 Å². The van der Waals surface area contributed by atoms with Gasteiger partial charge in [-0.1, -0.05) is 20.8 Å². The molecule has 1 unspecified atom stereocenters. The number of rotatable bonds is 4. The van der Waals surface area contributed by atoms with Gasteiger partial charge in [0.2, 0.25) is 0 Å². The van der Waals surface area contributed by atoms with E-state index in [0.717, 1.165) is 25.7 Å². The number of aliphatic carboxylic acids is 1. The van der Waals surface area contributed by atoms with Gasteiger partial charge >= 0.3 is 18.9 Å². The third-order valence-corrected chi connectivity index (χ3v) is 10.2. The number of carbonyl (C=O) groups is 1. The first kappa shape index (κ1) is 23.6. The minimum Gasteiger partial charge on any atom is -0.550 e. The smallest absolute Gasteiger partial charge is 0.550 e. The van der Waals surface area contributed by atoms with Crippen LogP contribution in [0.3, 0.4) is 0 Å². The molecule has 4 nitrogen and oxygen atoms in total. The van der Waals surface area contributed by atoms with Gasteiger partial charge in [-0.3, -0.25) is 0 Å². The van der Waals surface area contributed by atoms with Crippen LogP contribution < -0.4 is 24.0 Å². The van der Waals surface area contributed by atoms with Crippen molar-refractivity contribution in [3.05, 3.63) is 0 Å². The van der Waals surface area contributed by atoms with Gasteiger partial charge in [-0.25, -0.2) is 0 Å². The van der Waals surface area contributed by atoms with Gasteiger partial charge in [0.25, 0.3) is 0 Å². The summed E-state index contributed by atoms with van der Waals surface area (Å²) in [4.78, 5) is 10.9. The van der Waals surface area contributed by atoms with Crippen LogP contribution in [-0.2, 0) is 4.79 Å².